The average molecular weight is 367 g/mol. The second kappa shape index (κ2) is 4.95. The highest BCUT2D eigenvalue weighted by molar-refractivity contribution is 9.10. The third kappa shape index (κ3) is 2.08. The molecule has 1 aromatic carbocycles. The van der Waals surface area contributed by atoms with E-state index in [4.69, 9.17) is 12.2 Å². The van der Waals surface area contributed by atoms with Gasteiger partial charge < -0.3 is 4.98 Å². The number of hydrogen-bond acceptors (Lipinski definition) is 3. The number of fused-ring (bicyclic) bond motifs is 1. The minimum Gasteiger partial charge on any atom is -0.331 e. The monoisotopic (exact) mass is 366 g/mol. The number of thiophene rings is 1. The number of rotatable bonds is 1. The van der Waals surface area contributed by atoms with E-state index in [2.05, 4.69) is 20.9 Å². The third-order valence-electron chi connectivity index (χ3n) is 3.13. The molecular weight excluding hydrogens is 356 g/mol. The Morgan fingerprint density at radius 3 is 2.80 bits per heavy atom. The Balaban J connectivity index is 2.47. The highest BCUT2D eigenvalue weighted by Gasteiger charge is 2.13. The summed E-state index contributed by atoms with van der Waals surface area (Å²) >= 11 is 10.3. The molecule has 2 aromatic heterocycles. The summed E-state index contributed by atoms with van der Waals surface area (Å²) in [7, 11) is 0. The van der Waals surface area contributed by atoms with Crippen molar-refractivity contribution in [2.75, 3.05) is 0 Å². The first-order chi connectivity index (χ1) is 9.49. The van der Waals surface area contributed by atoms with Gasteiger partial charge in [0.2, 0.25) is 0 Å². The van der Waals surface area contributed by atoms with Crippen molar-refractivity contribution in [2.24, 2.45) is 0 Å². The van der Waals surface area contributed by atoms with E-state index >= 15 is 0 Å². The van der Waals surface area contributed by atoms with Crippen LogP contribution in [0.15, 0.2) is 32.8 Å². The van der Waals surface area contributed by atoms with E-state index in [0.717, 1.165) is 26.8 Å². The maximum Gasteiger partial charge on any atom is 0.276 e. The van der Waals surface area contributed by atoms with Gasteiger partial charge in [0.25, 0.3) is 5.56 Å². The summed E-state index contributed by atoms with van der Waals surface area (Å²) in [6, 6.07) is 5.90. The topological polar surface area (TPSA) is 37.8 Å². The molecule has 0 amide bonds. The van der Waals surface area contributed by atoms with Crippen LogP contribution < -0.4 is 5.56 Å². The number of aromatic amines is 1. The van der Waals surface area contributed by atoms with Crippen LogP contribution in [0.2, 0.25) is 0 Å². The summed E-state index contributed by atoms with van der Waals surface area (Å²) in [6.07, 6.45) is 0. The summed E-state index contributed by atoms with van der Waals surface area (Å²) in [4.78, 5) is 15.8. The minimum atomic E-state index is -0.0774. The molecule has 3 nitrogen and oxygen atoms in total. The Labute approximate surface area is 133 Å². The molecule has 0 saturated carbocycles. The van der Waals surface area contributed by atoms with Gasteiger partial charge in [0, 0.05) is 4.47 Å². The maximum absolute atomic E-state index is 12.7. The fraction of sp³-hybridized carbons (Fsp3) is 0.143. The van der Waals surface area contributed by atoms with E-state index in [-0.39, 0.29) is 5.56 Å². The fourth-order valence-corrected chi connectivity index (χ4v) is 4.25. The van der Waals surface area contributed by atoms with Crippen LogP contribution in [0.5, 0.6) is 0 Å². The van der Waals surface area contributed by atoms with Gasteiger partial charge in [-0.1, -0.05) is 6.07 Å². The Morgan fingerprint density at radius 2 is 2.10 bits per heavy atom. The summed E-state index contributed by atoms with van der Waals surface area (Å²) in [5.74, 6) is 0. The minimum absolute atomic E-state index is 0.0774. The Kier molecular flexibility index (Phi) is 3.40. The molecule has 0 unspecified atom stereocenters. The normalized spacial score (nSPS) is 11.2. The Hall–Kier alpha value is -1.24. The first-order valence-electron chi connectivity index (χ1n) is 5.98. The molecule has 1 N–H and O–H groups in total. The van der Waals surface area contributed by atoms with Gasteiger partial charge in [-0.25, -0.2) is 0 Å². The SMILES string of the molecule is Cc1cc(C)c(-n2c(=S)[nH]c3ccsc3c2=O)c(Br)c1. The van der Waals surface area contributed by atoms with Crippen LogP contribution in [0.25, 0.3) is 15.9 Å². The number of benzene rings is 1. The van der Waals surface area contributed by atoms with Gasteiger partial charge in [-0.05, 0) is 70.6 Å². The number of nitrogens with one attached hydrogen (secondary N) is 1. The zero-order valence-corrected chi connectivity index (χ0v) is 14.1. The summed E-state index contributed by atoms with van der Waals surface area (Å²) in [5.41, 5.74) is 3.67. The number of hydrogen-bond donors (Lipinski definition) is 1. The van der Waals surface area contributed by atoms with Crippen LogP contribution in [0, 0.1) is 18.6 Å². The predicted octanol–water partition coefficient (Wildman–Crippen LogP) is 4.49. The molecule has 20 heavy (non-hydrogen) atoms. The van der Waals surface area contributed by atoms with E-state index in [1.807, 2.05) is 37.4 Å². The number of aromatic nitrogens is 2. The Morgan fingerprint density at radius 1 is 1.35 bits per heavy atom. The highest BCUT2D eigenvalue weighted by Crippen LogP contribution is 2.26. The molecule has 102 valence electrons. The van der Waals surface area contributed by atoms with Crippen LogP contribution in [-0.4, -0.2) is 9.55 Å². The van der Waals surface area contributed by atoms with Crippen molar-refractivity contribution in [1.29, 1.82) is 0 Å². The number of nitrogens with zero attached hydrogens (tertiary/aromatic N) is 1. The van der Waals surface area contributed by atoms with Crippen molar-refractivity contribution in [3.05, 3.63) is 54.3 Å². The van der Waals surface area contributed by atoms with E-state index in [9.17, 15) is 4.79 Å². The molecule has 0 aliphatic rings. The smallest absolute Gasteiger partial charge is 0.276 e. The van der Waals surface area contributed by atoms with Crippen LogP contribution >= 0.6 is 39.5 Å². The second-order valence-corrected chi connectivity index (χ2v) is 6.80. The van der Waals surface area contributed by atoms with Crippen molar-refractivity contribution in [2.45, 2.75) is 13.8 Å². The molecule has 0 bridgehead atoms. The van der Waals surface area contributed by atoms with Crippen molar-refractivity contribution in [1.82, 2.24) is 9.55 Å². The quantitative estimate of drug-likeness (QED) is 0.644. The highest BCUT2D eigenvalue weighted by atomic mass is 79.9. The number of aryl methyl sites for hydroxylation is 2. The van der Waals surface area contributed by atoms with Crippen molar-refractivity contribution >= 4 is 49.7 Å². The molecule has 0 aliphatic heterocycles. The first kappa shape index (κ1) is 13.7. The van der Waals surface area contributed by atoms with E-state index in [1.165, 1.54) is 11.3 Å². The lowest BCUT2D eigenvalue weighted by atomic mass is 10.1. The lowest BCUT2D eigenvalue weighted by Gasteiger charge is -2.13. The molecule has 3 rings (SSSR count). The largest absolute Gasteiger partial charge is 0.331 e. The van der Waals surface area contributed by atoms with Gasteiger partial charge in [0.15, 0.2) is 4.77 Å². The number of H-pyrrole nitrogens is 1. The zero-order valence-electron chi connectivity index (χ0n) is 10.9. The summed E-state index contributed by atoms with van der Waals surface area (Å²) < 4.78 is 3.53. The number of halogens is 1. The second-order valence-electron chi connectivity index (χ2n) is 4.65. The van der Waals surface area contributed by atoms with E-state index < -0.39 is 0 Å². The van der Waals surface area contributed by atoms with Crippen molar-refractivity contribution in [3.8, 4) is 5.69 Å². The van der Waals surface area contributed by atoms with Crippen molar-refractivity contribution < 1.29 is 0 Å². The van der Waals surface area contributed by atoms with E-state index in [1.54, 1.807) is 4.57 Å². The zero-order chi connectivity index (χ0) is 14.4. The molecule has 0 aliphatic carbocycles. The van der Waals surface area contributed by atoms with Crippen LogP contribution in [0.3, 0.4) is 0 Å². The molecular formula is C14H11BrN2OS2. The molecule has 0 radical (unpaired) electrons. The Bertz CT molecular complexity index is 913. The molecule has 0 spiro atoms. The van der Waals surface area contributed by atoms with Gasteiger partial charge in [-0.3, -0.25) is 9.36 Å². The molecule has 6 heteroatoms. The predicted molar refractivity (Wildman–Crippen MR) is 89.8 cm³/mol. The van der Waals surface area contributed by atoms with E-state index in [0.29, 0.717) is 9.47 Å². The lowest BCUT2D eigenvalue weighted by molar-refractivity contribution is 0.927. The lowest BCUT2D eigenvalue weighted by Crippen LogP contribution is -2.20. The third-order valence-corrected chi connectivity index (χ3v) is 4.92. The summed E-state index contributed by atoms with van der Waals surface area (Å²) in [6.45, 7) is 4.00. The fourth-order valence-electron chi connectivity index (χ4n) is 2.33. The first-order valence-corrected chi connectivity index (χ1v) is 8.07. The van der Waals surface area contributed by atoms with Gasteiger partial charge in [0.05, 0.1) is 11.2 Å². The van der Waals surface area contributed by atoms with Gasteiger partial charge >= 0.3 is 0 Å². The summed E-state index contributed by atoms with van der Waals surface area (Å²) in [5, 5.41) is 1.89. The molecule has 0 atom stereocenters. The molecule has 0 saturated heterocycles. The van der Waals surface area contributed by atoms with Crippen LogP contribution in [0.1, 0.15) is 11.1 Å². The van der Waals surface area contributed by atoms with Crippen molar-refractivity contribution in [3.63, 3.8) is 0 Å². The van der Waals surface area contributed by atoms with Crippen LogP contribution in [-0.2, 0) is 0 Å². The standard InChI is InChI=1S/C14H11BrN2OS2/c1-7-5-8(2)11(9(15)6-7)17-13(18)12-10(3-4-20-12)16-14(17)19/h3-6H,1-2H3,(H,16,19). The molecule has 0 fully saturated rings. The molecule has 3 aromatic rings. The average Bonchev–Trinajstić information content (AvgIpc) is 2.80. The van der Waals surface area contributed by atoms with Gasteiger partial charge in [0.1, 0.15) is 4.70 Å². The molecule has 2 heterocycles. The van der Waals surface area contributed by atoms with Gasteiger partial charge in [-0.2, -0.15) is 0 Å². The van der Waals surface area contributed by atoms with Gasteiger partial charge in [-0.15, -0.1) is 11.3 Å². The maximum atomic E-state index is 12.7. The van der Waals surface area contributed by atoms with Crippen LogP contribution in [0.4, 0.5) is 0 Å².